The number of rotatable bonds is 7. The minimum absolute atomic E-state index is 0.180. The predicted molar refractivity (Wildman–Crippen MR) is 119 cm³/mol. The second-order valence-electron chi connectivity index (χ2n) is 6.98. The molecule has 0 unspecified atom stereocenters. The van der Waals surface area contributed by atoms with E-state index in [-0.39, 0.29) is 12.3 Å². The Labute approximate surface area is 183 Å². The number of ether oxygens (including phenoxy) is 1. The summed E-state index contributed by atoms with van der Waals surface area (Å²) in [5.41, 5.74) is 9.47. The molecule has 4 aromatic rings. The van der Waals surface area contributed by atoms with Crippen LogP contribution in [0.25, 0.3) is 11.3 Å². The van der Waals surface area contributed by atoms with Gasteiger partial charge in [0.1, 0.15) is 0 Å². The molecule has 0 saturated heterocycles. The zero-order valence-electron chi connectivity index (χ0n) is 17.5. The molecule has 0 saturated carbocycles. The van der Waals surface area contributed by atoms with E-state index >= 15 is 0 Å². The van der Waals surface area contributed by atoms with Gasteiger partial charge in [0, 0.05) is 18.8 Å². The summed E-state index contributed by atoms with van der Waals surface area (Å²) in [6.07, 6.45) is 3.21. The van der Waals surface area contributed by atoms with Crippen LogP contribution in [0.5, 0.6) is 5.75 Å². The molecular weight excluding hydrogens is 413 g/mol. The third-order valence-corrected chi connectivity index (χ3v) is 4.70. The van der Waals surface area contributed by atoms with Gasteiger partial charge in [0.25, 0.3) is 0 Å². The Balaban J connectivity index is 1.51. The number of halogens is 1. The van der Waals surface area contributed by atoms with E-state index in [1.54, 1.807) is 49.8 Å². The summed E-state index contributed by atoms with van der Waals surface area (Å²) in [7, 11) is 3.14. The summed E-state index contributed by atoms with van der Waals surface area (Å²) < 4.78 is 18.9. The van der Waals surface area contributed by atoms with Crippen LogP contribution in [0.4, 0.5) is 27.5 Å². The number of hydrogen-bond acceptors (Lipinski definition) is 9. The summed E-state index contributed by atoms with van der Waals surface area (Å²) in [6, 6.07) is 11.9. The van der Waals surface area contributed by atoms with Crippen LogP contribution in [-0.4, -0.2) is 32.1 Å². The number of nitrogen functional groups attached to an aromatic ring is 1. The molecular formula is C21H22FN9O. The van der Waals surface area contributed by atoms with Crippen molar-refractivity contribution in [3.63, 3.8) is 0 Å². The number of hydrazine groups is 1. The maximum Gasteiger partial charge on any atom is 0.228 e. The van der Waals surface area contributed by atoms with Gasteiger partial charge in [-0.05, 0) is 35.9 Å². The molecule has 0 bridgehead atoms. The lowest BCUT2D eigenvalue weighted by atomic mass is 10.1. The van der Waals surface area contributed by atoms with Crippen molar-refractivity contribution >= 4 is 23.1 Å². The number of anilines is 4. The summed E-state index contributed by atoms with van der Waals surface area (Å²) in [5.74, 6) is 6.85. The fourth-order valence-electron chi connectivity index (χ4n) is 3.16. The van der Waals surface area contributed by atoms with E-state index in [9.17, 15) is 4.39 Å². The average molecular weight is 435 g/mol. The maximum absolute atomic E-state index is 14.0. The third-order valence-electron chi connectivity index (χ3n) is 4.70. The Morgan fingerprint density at radius 3 is 2.72 bits per heavy atom. The van der Waals surface area contributed by atoms with Gasteiger partial charge in [0.2, 0.25) is 5.95 Å². The molecule has 0 fully saturated rings. The molecule has 0 aliphatic heterocycles. The molecule has 2 aromatic carbocycles. The zero-order valence-corrected chi connectivity index (χ0v) is 17.5. The summed E-state index contributed by atoms with van der Waals surface area (Å²) >= 11 is 0. The fraction of sp³-hybridized carbons (Fsp3) is 0.143. The van der Waals surface area contributed by atoms with Crippen LogP contribution in [0.15, 0.2) is 54.9 Å². The Hall–Kier alpha value is -4.25. The highest BCUT2D eigenvalue weighted by Crippen LogP contribution is 2.29. The van der Waals surface area contributed by atoms with E-state index in [2.05, 4.69) is 25.5 Å². The average Bonchev–Trinajstić information content (AvgIpc) is 3.18. The molecule has 2 heterocycles. The van der Waals surface area contributed by atoms with Gasteiger partial charge in [-0.1, -0.05) is 12.1 Å². The first-order valence-electron chi connectivity index (χ1n) is 9.64. The van der Waals surface area contributed by atoms with E-state index in [0.29, 0.717) is 34.4 Å². The summed E-state index contributed by atoms with van der Waals surface area (Å²) in [4.78, 5) is 10.1. The summed E-state index contributed by atoms with van der Waals surface area (Å²) in [5, 5.41) is 12.6. The first-order chi connectivity index (χ1) is 15.4. The van der Waals surface area contributed by atoms with Gasteiger partial charge in [0.05, 0.1) is 36.9 Å². The van der Waals surface area contributed by atoms with E-state index in [0.717, 1.165) is 5.56 Å². The Morgan fingerprint density at radius 1 is 1.19 bits per heavy atom. The molecule has 0 spiro atoms. The quantitative estimate of drug-likeness (QED) is 0.227. The van der Waals surface area contributed by atoms with Gasteiger partial charge in [-0.2, -0.15) is 9.90 Å². The fourth-order valence-corrected chi connectivity index (χ4v) is 3.16. The van der Waals surface area contributed by atoms with Gasteiger partial charge in [-0.15, -0.1) is 5.10 Å². The predicted octanol–water partition coefficient (Wildman–Crippen LogP) is 2.63. The molecule has 2 aromatic heterocycles. The van der Waals surface area contributed by atoms with Gasteiger partial charge >= 0.3 is 0 Å². The second-order valence-corrected chi connectivity index (χ2v) is 6.98. The lowest BCUT2D eigenvalue weighted by molar-refractivity contribution is 0.386. The lowest BCUT2D eigenvalue weighted by Crippen LogP contribution is -2.30. The standard InChI is InChI=1S/C21H22FN9O/c1-30-26-11-20(29-30)28-21-25-8-7-17(27-21)14-4-5-18(16(23)10-14)31(24)12-13-3-6-19(32-2)15(22)9-13/h3-11H,12,23-24H2,1-2H3,(H,25,27,28,29). The zero-order chi connectivity index (χ0) is 22.7. The van der Waals surface area contributed by atoms with Crippen molar-refractivity contribution in [1.82, 2.24) is 25.0 Å². The largest absolute Gasteiger partial charge is 0.494 e. The van der Waals surface area contributed by atoms with Crippen LogP contribution < -0.4 is 26.6 Å². The highest BCUT2D eigenvalue weighted by atomic mass is 19.1. The van der Waals surface area contributed by atoms with Crippen molar-refractivity contribution in [3.05, 3.63) is 66.2 Å². The molecule has 164 valence electrons. The van der Waals surface area contributed by atoms with Gasteiger partial charge < -0.3 is 20.8 Å². The normalized spacial score (nSPS) is 10.8. The van der Waals surface area contributed by atoms with Crippen molar-refractivity contribution in [3.8, 4) is 17.0 Å². The van der Waals surface area contributed by atoms with Crippen LogP contribution in [0, 0.1) is 5.82 Å². The number of nitrogens with zero attached hydrogens (tertiary/aromatic N) is 6. The van der Waals surface area contributed by atoms with Crippen LogP contribution in [-0.2, 0) is 13.6 Å². The van der Waals surface area contributed by atoms with Crippen molar-refractivity contribution < 1.29 is 9.13 Å². The number of nitrogens with one attached hydrogen (secondary N) is 1. The van der Waals surface area contributed by atoms with Crippen molar-refractivity contribution in [2.24, 2.45) is 12.9 Å². The first-order valence-corrected chi connectivity index (χ1v) is 9.64. The van der Waals surface area contributed by atoms with Crippen LogP contribution in [0.2, 0.25) is 0 Å². The van der Waals surface area contributed by atoms with Crippen molar-refractivity contribution in [2.45, 2.75) is 6.54 Å². The number of methoxy groups -OCH3 is 1. The molecule has 0 radical (unpaired) electrons. The molecule has 0 atom stereocenters. The Morgan fingerprint density at radius 2 is 2.03 bits per heavy atom. The van der Waals surface area contributed by atoms with Crippen molar-refractivity contribution in [2.75, 3.05) is 23.2 Å². The van der Waals surface area contributed by atoms with E-state index in [1.807, 2.05) is 6.07 Å². The molecule has 10 nitrogen and oxygen atoms in total. The maximum atomic E-state index is 14.0. The molecule has 5 N–H and O–H groups in total. The number of aromatic nitrogens is 5. The van der Waals surface area contributed by atoms with E-state index in [1.165, 1.54) is 23.0 Å². The monoisotopic (exact) mass is 435 g/mol. The topological polar surface area (TPSA) is 133 Å². The van der Waals surface area contributed by atoms with E-state index in [4.69, 9.17) is 16.3 Å². The molecule has 0 aliphatic rings. The lowest BCUT2D eigenvalue weighted by Gasteiger charge is -2.21. The molecule has 32 heavy (non-hydrogen) atoms. The molecule has 11 heteroatoms. The minimum Gasteiger partial charge on any atom is -0.494 e. The Bertz CT molecular complexity index is 1240. The van der Waals surface area contributed by atoms with Crippen molar-refractivity contribution in [1.29, 1.82) is 0 Å². The molecule has 0 aliphatic carbocycles. The number of benzene rings is 2. The highest BCUT2D eigenvalue weighted by Gasteiger charge is 2.12. The van der Waals surface area contributed by atoms with Gasteiger partial charge in [0.15, 0.2) is 17.4 Å². The number of aryl methyl sites for hydroxylation is 1. The number of nitrogens with two attached hydrogens (primary N) is 2. The number of hydrogen-bond donors (Lipinski definition) is 3. The smallest absolute Gasteiger partial charge is 0.228 e. The highest BCUT2D eigenvalue weighted by molar-refractivity contribution is 5.75. The Kier molecular flexibility index (Phi) is 5.81. The summed E-state index contributed by atoms with van der Waals surface area (Å²) in [6.45, 7) is 0.268. The van der Waals surface area contributed by atoms with E-state index < -0.39 is 5.82 Å². The van der Waals surface area contributed by atoms with Crippen LogP contribution in [0.3, 0.4) is 0 Å². The van der Waals surface area contributed by atoms with Crippen LogP contribution >= 0.6 is 0 Å². The SMILES string of the molecule is COc1ccc(CN(N)c2ccc(-c3ccnc(Nc4cnn(C)n4)n3)cc2N)cc1F. The molecule has 0 amide bonds. The van der Waals surface area contributed by atoms with Gasteiger partial charge in [-0.25, -0.2) is 20.2 Å². The third kappa shape index (κ3) is 4.57. The van der Waals surface area contributed by atoms with Gasteiger partial charge in [-0.3, -0.25) is 0 Å². The second kappa shape index (κ2) is 8.86. The molecule has 4 rings (SSSR count). The minimum atomic E-state index is -0.448. The van der Waals surface area contributed by atoms with Crippen LogP contribution in [0.1, 0.15) is 5.56 Å². The first kappa shape index (κ1) is 21.0.